The van der Waals surface area contributed by atoms with Crippen LogP contribution in [-0.2, 0) is 14.3 Å². The van der Waals surface area contributed by atoms with Crippen molar-refractivity contribution in [2.75, 3.05) is 0 Å². The molecular weight excluding hydrogens is 312 g/mol. The molecule has 0 unspecified atom stereocenters. The van der Waals surface area contributed by atoms with Crippen LogP contribution in [0.5, 0.6) is 0 Å². The first-order valence-corrected chi connectivity index (χ1v) is 9.50. The van der Waals surface area contributed by atoms with Gasteiger partial charge < -0.3 is 4.74 Å². The van der Waals surface area contributed by atoms with Crippen molar-refractivity contribution in [3.05, 3.63) is 23.3 Å². The molecule has 25 heavy (non-hydrogen) atoms. The summed E-state index contributed by atoms with van der Waals surface area (Å²) in [6.07, 6.45) is 16.5. The molecule has 4 aliphatic carbocycles. The summed E-state index contributed by atoms with van der Waals surface area (Å²) in [4.78, 5) is 23.4. The molecule has 2 fully saturated rings. The second kappa shape index (κ2) is 5.59. The number of hydrogen-bond acceptors (Lipinski definition) is 3. The predicted molar refractivity (Wildman–Crippen MR) is 95.4 cm³/mol. The maximum Gasteiger partial charge on any atom is 0.302 e. The van der Waals surface area contributed by atoms with E-state index in [1.807, 2.05) is 6.08 Å². The Balaban J connectivity index is 1.73. The van der Waals surface area contributed by atoms with E-state index < -0.39 is 0 Å². The second-order valence-corrected chi connectivity index (χ2v) is 8.48. The lowest BCUT2D eigenvalue weighted by atomic mass is 9.51. The maximum absolute atomic E-state index is 11.9. The molecule has 0 aromatic carbocycles. The van der Waals surface area contributed by atoms with Crippen LogP contribution >= 0.6 is 0 Å². The number of fused-ring (bicyclic) bond motifs is 5. The lowest BCUT2D eigenvalue weighted by molar-refractivity contribution is -0.153. The molecule has 0 aromatic heterocycles. The summed E-state index contributed by atoms with van der Waals surface area (Å²) in [6, 6.07) is 0. The zero-order valence-corrected chi connectivity index (χ0v) is 15.1. The summed E-state index contributed by atoms with van der Waals surface area (Å²) in [6.45, 7) is 3.79. The van der Waals surface area contributed by atoms with Gasteiger partial charge in [0.2, 0.25) is 0 Å². The van der Waals surface area contributed by atoms with Gasteiger partial charge in [-0.05, 0) is 67.6 Å². The molecule has 4 aliphatic rings. The second-order valence-electron chi connectivity index (χ2n) is 8.48. The lowest BCUT2D eigenvalue weighted by Gasteiger charge is -2.52. The van der Waals surface area contributed by atoms with Crippen molar-refractivity contribution in [2.45, 2.75) is 64.9 Å². The third kappa shape index (κ3) is 2.26. The van der Waals surface area contributed by atoms with E-state index in [4.69, 9.17) is 11.2 Å². The highest BCUT2D eigenvalue weighted by molar-refractivity contribution is 5.92. The molecule has 5 atom stereocenters. The summed E-state index contributed by atoms with van der Waals surface area (Å²) in [5, 5.41) is 0. The highest BCUT2D eigenvalue weighted by atomic mass is 16.5. The van der Waals surface area contributed by atoms with E-state index in [0.717, 1.165) is 44.1 Å². The van der Waals surface area contributed by atoms with Crippen LogP contribution in [0.2, 0.25) is 0 Å². The number of ketones is 1. The molecule has 0 spiro atoms. The van der Waals surface area contributed by atoms with Gasteiger partial charge in [0, 0.05) is 18.8 Å². The van der Waals surface area contributed by atoms with Crippen LogP contribution in [0.1, 0.15) is 58.8 Å². The van der Waals surface area contributed by atoms with E-state index in [-0.39, 0.29) is 28.7 Å². The van der Waals surface area contributed by atoms with Gasteiger partial charge >= 0.3 is 5.97 Å². The van der Waals surface area contributed by atoms with Crippen LogP contribution in [0.25, 0.3) is 0 Å². The molecule has 0 aromatic rings. The minimum atomic E-state index is -0.336. The van der Waals surface area contributed by atoms with E-state index in [1.165, 1.54) is 12.5 Å². The van der Waals surface area contributed by atoms with Crippen LogP contribution in [0.15, 0.2) is 23.3 Å². The summed E-state index contributed by atoms with van der Waals surface area (Å²) in [5.41, 5.74) is 2.22. The fraction of sp³-hybridized carbons (Fsp3) is 0.636. The molecule has 0 aliphatic heterocycles. The Morgan fingerprint density at radius 2 is 2.12 bits per heavy atom. The fourth-order valence-corrected chi connectivity index (χ4v) is 6.15. The quantitative estimate of drug-likeness (QED) is 0.412. The molecule has 2 saturated carbocycles. The van der Waals surface area contributed by atoms with Crippen LogP contribution < -0.4 is 0 Å². The van der Waals surface area contributed by atoms with Gasteiger partial charge in [0.1, 0.15) is 6.10 Å². The minimum Gasteiger partial charge on any atom is -0.462 e. The van der Waals surface area contributed by atoms with Crippen LogP contribution in [0.4, 0.5) is 0 Å². The normalized spacial score (nSPS) is 42.3. The van der Waals surface area contributed by atoms with Gasteiger partial charge in [-0.3, -0.25) is 9.59 Å². The predicted octanol–water partition coefficient (Wildman–Crippen LogP) is 3.98. The van der Waals surface area contributed by atoms with Crippen LogP contribution in [0.3, 0.4) is 0 Å². The summed E-state index contributed by atoms with van der Waals surface area (Å²) < 4.78 is 5.67. The molecule has 3 heteroatoms. The van der Waals surface area contributed by atoms with E-state index in [2.05, 4.69) is 18.9 Å². The van der Waals surface area contributed by atoms with Crippen molar-refractivity contribution in [1.82, 2.24) is 0 Å². The number of esters is 1. The number of rotatable bonds is 1. The smallest absolute Gasteiger partial charge is 0.302 e. The van der Waals surface area contributed by atoms with Gasteiger partial charge in [-0.15, -0.1) is 6.42 Å². The molecule has 0 bridgehead atoms. The molecule has 0 saturated heterocycles. The first kappa shape index (κ1) is 16.6. The first-order valence-electron chi connectivity index (χ1n) is 9.50. The monoisotopic (exact) mass is 338 g/mol. The van der Waals surface area contributed by atoms with Gasteiger partial charge in [0.05, 0.1) is 5.41 Å². The topological polar surface area (TPSA) is 43.4 Å². The number of allylic oxidation sites excluding steroid dienone is 4. The highest BCUT2D eigenvalue weighted by Gasteiger charge is 2.57. The third-order valence-corrected chi connectivity index (χ3v) is 7.37. The standard InChI is InChI=1S/C22H26O3/c1-4-22-12-9-16(24)13-15(22)5-6-17-18-7-8-20(25-14(2)23)21(18,3)11-10-19(17)22/h1,10,13,17-18,20H,5-9,11-12H2,2-3H3/t17-,18-,20-,21-,22-/m0/s1. The Kier molecular flexibility index (Phi) is 3.72. The molecular formula is C22H26O3. The summed E-state index contributed by atoms with van der Waals surface area (Å²) in [5.74, 6) is 4.11. The number of ether oxygens (including phenoxy) is 1. The van der Waals surface area contributed by atoms with Crippen LogP contribution in [-0.4, -0.2) is 17.9 Å². The van der Waals surface area contributed by atoms with Crippen molar-refractivity contribution in [2.24, 2.45) is 22.7 Å². The van der Waals surface area contributed by atoms with Gasteiger partial charge in [0.25, 0.3) is 0 Å². The number of hydrogen-bond donors (Lipinski definition) is 0. The first-order chi connectivity index (χ1) is 11.9. The molecule has 3 nitrogen and oxygen atoms in total. The third-order valence-electron chi connectivity index (χ3n) is 7.37. The molecule has 4 rings (SSSR count). The molecule has 132 valence electrons. The van der Waals surface area contributed by atoms with Gasteiger partial charge in [-0.25, -0.2) is 0 Å². The Bertz CT molecular complexity index is 737. The Morgan fingerprint density at radius 3 is 2.84 bits per heavy atom. The van der Waals surface area contributed by atoms with E-state index in [1.54, 1.807) is 0 Å². The number of terminal acetylenes is 1. The lowest BCUT2D eigenvalue weighted by Crippen LogP contribution is -2.46. The molecule has 0 amide bonds. The van der Waals surface area contributed by atoms with Crippen LogP contribution in [0, 0.1) is 35.0 Å². The Hall–Kier alpha value is -1.82. The maximum atomic E-state index is 11.9. The SMILES string of the molecule is C#C[C@]12CCC(=O)C=C1CC[C@@H]1C2=CC[C@]2(C)[C@@H](OC(C)=O)CC[C@@H]12. The highest BCUT2D eigenvalue weighted by Crippen LogP contribution is 2.63. The van der Waals surface area contributed by atoms with Crippen molar-refractivity contribution in [3.63, 3.8) is 0 Å². The average molecular weight is 338 g/mol. The summed E-state index contributed by atoms with van der Waals surface area (Å²) >= 11 is 0. The largest absolute Gasteiger partial charge is 0.462 e. The van der Waals surface area contributed by atoms with E-state index in [0.29, 0.717) is 18.3 Å². The van der Waals surface area contributed by atoms with Crippen molar-refractivity contribution in [3.8, 4) is 12.3 Å². The zero-order valence-electron chi connectivity index (χ0n) is 15.1. The minimum absolute atomic E-state index is 0.0134. The Morgan fingerprint density at radius 1 is 1.32 bits per heavy atom. The Labute approximate surface area is 149 Å². The molecule has 0 radical (unpaired) electrons. The number of carbonyl (C=O) groups excluding carboxylic acids is 2. The molecule has 0 heterocycles. The number of carbonyl (C=O) groups is 2. The average Bonchev–Trinajstić information content (AvgIpc) is 2.90. The van der Waals surface area contributed by atoms with Gasteiger partial charge in [-0.2, -0.15) is 0 Å². The molecule has 0 N–H and O–H groups in total. The van der Waals surface area contributed by atoms with E-state index >= 15 is 0 Å². The summed E-state index contributed by atoms with van der Waals surface area (Å²) in [7, 11) is 0. The van der Waals surface area contributed by atoms with Crippen molar-refractivity contribution < 1.29 is 14.3 Å². The fourth-order valence-electron chi connectivity index (χ4n) is 6.15. The van der Waals surface area contributed by atoms with Gasteiger partial charge in [-0.1, -0.05) is 18.9 Å². The van der Waals surface area contributed by atoms with Crippen molar-refractivity contribution >= 4 is 11.8 Å². The van der Waals surface area contributed by atoms with Gasteiger partial charge in [0.15, 0.2) is 5.78 Å². The zero-order chi connectivity index (χ0) is 17.8. The van der Waals surface area contributed by atoms with E-state index in [9.17, 15) is 9.59 Å². The van der Waals surface area contributed by atoms with Crippen molar-refractivity contribution in [1.29, 1.82) is 0 Å².